The van der Waals surface area contributed by atoms with Crippen molar-refractivity contribution >= 4 is 28.6 Å². The molecular formula is C17H22N4O2. The summed E-state index contributed by atoms with van der Waals surface area (Å²) in [5, 5.41) is 9.16. The van der Waals surface area contributed by atoms with Gasteiger partial charge in [0.2, 0.25) is 0 Å². The number of benzene rings is 1. The highest BCUT2D eigenvalue weighted by molar-refractivity contribution is 5.81. The SMILES string of the molecule is CC(CN(C)c1nc2ccccc2nc1N1CCCC1)C(=O)O. The van der Waals surface area contributed by atoms with Crippen molar-refractivity contribution < 1.29 is 9.90 Å². The number of carboxylic acid groups (broad SMARTS) is 1. The van der Waals surface area contributed by atoms with E-state index in [0.717, 1.165) is 48.6 Å². The number of hydrogen-bond acceptors (Lipinski definition) is 5. The van der Waals surface area contributed by atoms with Crippen molar-refractivity contribution in [1.82, 2.24) is 9.97 Å². The van der Waals surface area contributed by atoms with Crippen LogP contribution < -0.4 is 9.80 Å². The van der Waals surface area contributed by atoms with Crippen LogP contribution in [0.15, 0.2) is 24.3 Å². The van der Waals surface area contributed by atoms with Gasteiger partial charge in [0.25, 0.3) is 0 Å². The standard InChI is InChI=1S/C17H22N4O2/c1-12(17(22)23)11-20(2)15-16(21-9-5-6-10-21)19-14-8-4-3-7-13(14)18-15/h3-4,7-8,12H,5-6,9-11H2,1-2H3,(H,22,23). The topological polar surface area (TPSA) is 69.6 Å². The van der Waals surface area contributed by atoms with Crippen LogP contribution in [0.25, 0.3) is 11.0 Å². The molecule has 1 fully saturated rings. The Hall–Kier alpha value is -2.37. The smallest absolute Gasteiger partial charge is 0.308 e. The number of anilines is 2. The molecule has 1 aromatic heterocycles. The van der Waals surface area contributed by atoms with Crippen LogP contribution in [0.3, 0.4) is 0 Å². The summed E-state index contributed by atoms with van der Waals surface area (Å²) in [5.41, 5.74) is 1.71. The first-order valence-corrected chi connectivity index (χ1v) is 8.02. The molecule has 1 aliphatic heterocycles. The lowest BCUT2D eigenvalue weighted by atomic mass is 10.2. The van der Waals surface area contributed by atoms with Gasteiger partial charge in [-0.25, -0.2) is 9.97 Å². The third kappa shape index (κ3) is 3.21. The van der Waals surface area contributed by atoms with Crippen molar-refractivity contribution in [2.45, 2.75) is 19.8 Å². The molecule has 1 aliphatic rings. The number of rotatable bonds is 5. The first-order valence-electron chi connectivity index (χ1n) is 8.02. The van der Waals surface area contributed by atoms with Gasteiger partial charge in [0, 0.05) is 26.7 Å². The molecule has 23 heavy (non-hydrogen) atoms. The summed E-state index contributed by atoms with van der Waals surface area (Å²) >= 11 is 0. The number of fused-ring (bicyclic) bond motifs is 1. The third-order valence-electron chi connectivity index (χ3n) is 4.27. The number of hydrogen-bond donors (Lipinski definition) is 1. The first-order chi connectivity index (χ1) is 11.1. The zero-order valence-electron chi connectivity index (χ0n) is 13.6. The minimum Gasteiger partial charge on any atom is -0.481 e. The molecule has 1 N–H and O–H groups in total. The van der Waals surface area contributed by atoms with Crippen LogP contribution in [0.4, 0.5) is 11.6 Å². The van der Waals surface area contributed by atoms with Gasteiger partial charge in [-0.15, -0.1) is 0 Å². The second kappa shape index (κ2) is 6.40. The molecule has 1 saturated heterocycles. The van der Waals surface area contributed by atoms with Crippen LogP contribution in [0, 0.1) is 5.92 Å². The van der Waals surface area contributed by atoms with Crippen LogP contribution in [0.1, 0.15) is 19.8 Å². The van der Waals surface area contributed by atoms with Crippen LogP contribution in [0.2, 0.25) is 0 Å². The molecule has 0 spiro atoms. The van der Waals surface area contributed by atoms with E-state index in [1.54, 1.807) is 6.92 Å². The minimum absolute atomic E-state index is 0.406. The summed E-state index contributed by atoms with van der Waals surface area (Å²) in [4.78, 5) is 24.9. The zero-order chi connectivity index (χ0) is 16.4. The van der Waals surface area contributed by atoms with Gasteiger partial charge in [-0.1, -0.05) is 19.1 Å². The lowest BCUT2D eigenvalue weighted by molar-refractivity contribution is -0.140. The van der Waals surface area contributed by atoms with Gasteiger partial charge in [-0.05, 0) is 25.0 Å². The van der Waals surface area contributed by atoms with Crippen LogP contribution >= 0.6 is 0 Å². The summed E-state index contributed by atoms with van der Waals surface area (Å²) in [6, 6.07) is 7.80. The predicted molar refractivity (Wildman–Crippen MR) is 91.1 cm³/mol. The van der Waals surface area contributed by atoms with Crippen molar-refractivity contribution in [1.29, 1.82) is 0 Å². The number of para-hydroxylation sites is 2. The summed E-state index contributed by atoms with van der Waals surface area (Å²) in [5.74, 6) is 0.369. The maximum absolute atomic E-state index is 11.1. The summed E-state index contributed by atoms with van der Waals surface area (Å²) < 4.78 is 0. The Labute approximate surface area is 135 Å². The van der Waals surface area contributed by atoms with E-state index >= 15 is 0 Å². The summed E-state index contributed by atoms with van der Waals surface area (Å²) in [6.45, 7) is 4.07. The molecule has 2 aromatic rings. The first kappa shape index (κ1) is 15.5. The number of aliphatic carboxylic acids is 1. The van der Waals surface area contributed by atoms with Gasteiger partial charge in [-0.2, -0.15) is 0 Å². The average Bonchev–Trinajstić information content (AvgIpc) is 3.07. The Morgan fingerprint density at radius 3 is 2.48 bits per heavy atom. The molecule has 0 radical (unpaired) electrons. The highest BCUT2D eigenvalue weighted by atomic mass is 16.4. The second-order valence-corrected chi connectivity index (χ2v) is 6.17. The quantitative estimate of drug-likeness (QED) is 0.914. The van der Waals surface area contributed by atoms with Gasteiger partial charge in [-0.3, -0.25) is 4.79 Å². The van der Waals surface area contributed by atoms with Gasteiger partial charge < -0.3 is 14.9 Å². The van der Waals surface area contributed by atoms with Gasteiger partial charge >= 0.3 is 5.97 Å². The van der Waals surface area contributed by atoms with Crippen molar-refractivity contribution in [2.75, 3.05) is 36.5 Å². The number of carboxylic acids is 1. The Morgan fingerprint density at radius 2 is 1.87 bits per heavy atom. The fraction of sp³-hybridized carbons (Fsp3) is 0.471. The van der Waals surface area contributed by atoms with Crippen molar-refractivity contribution in [2.24, 2.45) is 5.92 Å². The van der Waals surface area contributed by atoms with Crippen LogP contribution in [0.5, 0.6) is 0 Å². The van der Waals surface area contributed by atoms with Gasteiger partial charge in [0.1, 0.15) is 0 Å². The lowest BCUT2D eigenvalue weighted by Crippen LogP contribution is -2.31. The molecule has 3 rings (SSSR count). The highest BCUT2D eigenvalue weighted by Gasteiger charge is 2.23. The summed E-state index contributed by atoms with van der Waals surface area (Å²) in [7, 11) is 1.89. The Bertz CT molecular complexity index is 713. The molecule has 6 nitrogen and oxygen atoms in total. The van der Waals surface area contributed by atoms with E-state index in [1.165, 1.54) is 0 Å². The molecule has 0 amide bonds. The number of nitrogens with zero attached hydrogens (tertiary/aromatic N) is 4. The molecule has 0 bridgehead atoms. The molecule has 2 heterocycles. The largest absolute Gasteiger partial charge is 0.481 e. The van der Waals surface area contributed by atoms with E-state index < -0.39 is 11.9 Å². The Morgan fingerprint density at radius 1 is 1.26 bits per heavy atom. The minimum atomic E-state index is -0.798. The number of aromatic nitrogens is 2. The molecule has 1 aromatic carbocycles. The van der Waals surface area contributed by atoms with Gasteiger partial charge in [0.05, 0.1) is 17.0 Å². The molecule has 0 aliphatic carbocycles. The maximum atomic E-state index is 11.1. The molecule has 0 saturated carbocycles. The maximum Gasteiger partial charge on any atom is 0.308 e. The fourth-order valence-corrected chi connectivity index (χ4v) is 2.95. The third-order valence-corrected chi connectivity index (χ3v) is 4.27. The van der Waals surface area contributed by atoms with E-state index in [1.807, 2.05) is 36.2 Å². The van der Waals surface area contributed by atoms with Crippen molar-refractivity contribution in [3.63, 3.8) is 0 Å². The normalized spacial score (nSPS) is 15.8. The summed E-state index contributed by atoms with van der Waals surface area (Å²) in [6.07, 6.45) is 2.31. The monoisotopic (exact) mass is 314 g/mol. The van der Waals surface area contributed by atoms with Crippen LogP contribution in [-0.4, -0.2) is 47.7 Å². The highest BCUT2D eigenvalue weighted by Crippen LogP contribution is 2.30. The van der Waals surface area contributed by atoms with E-state index in [0.29, 0.717) is 6.54 Å². The van der Waals surface area contributed by atoms with E-state index in [4.69, 9.17) is 15.1 Å². The Balaban J connectivity index is 2.01. The predicted octanol–water partition coefficient (Wildman–Crippen LogP) is 2.39. The molecular weight excluding hydrogens is 292 g/mol. The Kier molecular flexibility index (Phi) is 4.32. The number of carbonyl (C=O) groups is 1. The molecule has 1 atom stereocenters. The van der Waals surface area contributed by atoms with Gasteiger partial charge in [0.15, 0.2) is 11.6 Å². The van der Waals surface area contributed by atoms with E-state index in [2.05, 4.69) is 4.90 Å². The lowest BCUT2D eigenvalue weighted by Gasteiger charge is -2.26. The van der Waals surface area contributed by atoms with Crippen molar-refractivity contribution in [3.05, 3.63) is 24.3 Å². The van der Waals surface area contributed by atoms with E-state index in [9.17, 15) is 4.79 Å². The van der Waals surface area contributed by atoms with E-state index in [-0.39, 0.29) is 0 Å². The zero-order valence-corrected chi connectivity index (χ0v) is 13.6. The molecule has 6 heteroatoms. The average molecular weight is 314 g/mol. The van der Waals surface area contributed by atoms with Crippen molar-refractivity contribution in [3.8, 4) is 0 Å². The fourth-order valence-electron chi connectivity index (χ4n) is 2.95. The molecule has 1 unspecified atom stereocenters. The van der Waals surface area contributed by atoms with Crippen LogP contribution in [-0.2, 0) is 4.79 Å². The second-order valence-electron chi connectivity index (χ2n) is 6.17. The molecule has 122 valence electrons.